The summed E-state index contributed by atoms with van der Waals surface area (Å²) in [4.78, 5) is 17.9. The Hall–Kier alpha value is -2.02. The van der Waals surface area contributed by atoms with E-state index in [1.807, 2.05) is 25.9 Å². The predicted molar refractivity (Wildman–Crippen MR) is 78.4 cm³/mol. The third-order valence-electron chi connectivity index (χ3n) is 2.86. The zero-order valence-corrected chi connectivity index (χ0v) is 12.3. The molecule has 7 heteroatoms. The van der Waals surface area contributed by atoms with E-state index in [1.54, 1.807) is 12.3 Å². The van der Waals surface area contributed by atoms with Gasteiger partial charge in [-0.3, -0.25) is 0 Å². The number of ether oxygens (including phenoxy) is 1. The van der Waals surface area contributed by atoms with Crippen LogP contribution in [0.3, 0.4) is 0 Å². The molecule has 0 aromatic carbocycles. The summed E-state index contributed by atoms with van der Waals surface area (Å²) in [5, 5.41) is 14.5. The van der Waals surface area contributed by atoms with Crippen molar-refractivity contribution in [2.24, 2.45) is 0 Å². The molecule has 7 nitrogen and oxygen atoms in total. The molecule has 1 rings (SSSR count). The first-order valence-corrected chi connectivity index (χ1v) is 6.42. The number of urea groups is 1. The molecule has 0 aliphatic heterocycles. The van der Waals surface area contributed by atoms with E-state index in [0.29, 0.717) is 18.0 Å². The molecule has 0 bridgehead atoms. The molecule has 0 saturated carbocycles. The minimum Gasteiger partial charge on any atom is -0.479 e. The average molecular weight is 282 g/mol. The Morgan fingerprint density at radius 3 is 2.75 bits per heavy atom. The largest absolute Gasteiger partial charge is 0.479 e. The fourth-order valence-electron chi connectivity index (χ4n) is 1.69. The quantitative estimate of drug-likeness (QED) is 0.726. The number of aliphatic hydroxyl groups is 1. The highest BCUT2D eigenvalue weighted by Crippen LogP contribution is 2.31. The lowest BCUT2D eigenvalue weighted by molar-refractivity contribution is 0.222. The van der Waals surface area contributed by atoms with E-state index in [0.717, 1.165) is 5.69 Å². The van der Waals surface area contributed by atoms with Crippen molar-refractivity contribution < 1.29 is 14.6 Å². The van der Waals surface area contributed by atoms with Crippen molar-refractivity contribution in [2.45, 2.75) is 19.4 Å². The van der Waals surface area contributed by atoms with E-state index in [1.165, 1.54) is 7.11 Å². The second kappa shape index (κ2) is 7.54. The van der Waals surface area contributed by atoms with Crippen LogP contribution in [-0.4, -0.2) is 50.0 Å². The Morgan fingerprint density at radius 2 is 2.25 bits per heavy atom. The fourth-order valence-corrected chi connectivity index (χ4v) is 1.69. The number of nitrogens with one attached hydrogen (secondary N) is 2. The van der Waals surface area contributed by atoms with Gasteiger partial charge in [0.1, 0.15) is 5.69 Å². The zero-order chi connectivity index (χ0) is 15.1. The summed E-state index contributed by atoms with van der Waals surface area (Å²) in [5.41, 5.74) is 1.27. The third-order valence-corrected chi connectivity index (χ3v) is 2.86. The Balaban J connectivity index is 2.92. The number of hydrogen-bond acceptors (Lipinski definition) is 5. The number of carbonyl (C=O) groups is 1. The highest BCUT2D eigenvalue weighted by Gasteiger charge is 2.16. The number of pyridine rings is 1. The minimum atomic E-state index is -0.402. The standard InChI is InChI=1S/C13H22N4O3/c1-5-9(8-18)15-13(19)16-11-10(17(2)3)6-7-14-12(11)20-4/h6-7,9,18H,5,8H2,1-4H3,(H2,15,16,19)/t9-/m1/s1. The first-order valence-electron chi connectivity index (χ1n) is 6.42. The molecule has 0 radical (unpaired) electrons. The Labute approximate surface area is 118 Å². The fraction of sp³-hybridized carbons (Fsp3) is 0.538. The molecule has 1 aromatic heterocycles. The maximum absolute atomic E-state index is 11.9. The van der Waals surface area contributed by atoms with Crippen LogP contribution in [0.5, 0.6) is 5.88 Å². The monoisotopic (exact) mass is 282 g/mol. The number of anilines is 2. The first-order chi connectivity index (χ1) is 9.53. The van der Waals surface area contributed by atoms with Crippen LogP contribution in [0.25, 0.3) is 0 Å². The number of methoxy groups -OCH3 is 1. The van der Waals surface area contributed by atoms with Gasteiger partial charge in [-0.05, 0) is 12.5 Å². The van der Waals surface area contributed by atoms with Crippen LogP contribution in [0.1, 0.15) is 13.3 Å². The number of aliphatic hydroxyl groups excluding tert-OH is 1. The second-order valence-corrected chi connectivity index (χ2v) is 4.49. The minimum absolute atomic E-state index is 0.103. The van der Waals surface area contributed by atoms with Crippen molar-refractivity contribution >= 4 is 17.4 Å². The van der Waals surface area contributed by atoms with Crippen molar-refractivity contribution in [3.63, 3.8) is 0 Å². The third kappa shape index (κ3) is 3.99. The van der Waals surface area contributed by atoms with Gasteiger partial charge in [0.25, 0.3) is 0 Å². The van der Waals surface area contributed by atoms with Crippen LogP contribution in [0.2, 0.25) is 0 Å². The van der Waals surface area contributed by atoms with Crippen molar-refractivity contribution in [1.29, 1.82) is 0 Å². The topological polar surface area (TPSA) is 86.7 Å². The van der Waals surface area contributed by atoms with Crippen molar-refractivity contribution in [3.05, 3.63) is 12.3 Å². The van der Waals surface area contributed by atoms with E-state index in [2.05, 4.69) is 15.6 Å². The summed E-state index contributed by atoms with van der Waals surface area (Å²) < 4.78 is 5.17. The lowest BCUT2D eigenvalue weighted by Gasteiger charge is -2.20. The Bertz CT molecular complexity index is 447. The SMILES string of the molecule is CC[C@H](CO)NC(=O)Nc1c(N(C)C)ccnc1OC. The molecule has 1 heterocycles. The molecule has 112 valence electrons. The molecule has 0 aliphatic carbocycles. The molecule has 1 atom stereocenters. The summed E-state index contributed by atoms with van der Waals surface area (Å²) >= 11 is 0. The highest BCUT2D eigenvalue weighted by molar-refractivity contribution is 5.95. The number of rotatable bonds is 6. The maximum Gasteiger partial charge on any atom is 0.319 e. The van der Waals surface area contributed by atoms with E-state index in [9.17, 15) is 4.79 Å². The number of carbonyl (C=O) groups excluding carboxylic acids is 1. The highest BCUT2D eigenvalue weighted by atomic mass is 16.5. The zero-order valence-electron chi connectivity index (χ0n) is 12.3. The molecule has 0 spiro atoms. The van der Waals surface area contributed by atoms with Gasteiger partial charge in [0.15, 0.2) is 0 Å². The van der Waals surface area contributed by atoms with Gasteiger partial charge in [0.05, 0.1) is 25.4 Å². The van der Waals surface area contributed by atoms with E-state index >= 15 is 0 Å². The second-order valence-electron chi connectivity index (χ2n) is 4.49. The predicted octanol–water partition coefficient (Wildman–Crippen LogP) is 1.05. The van der Waals surface area contributed by atoms with Crippen LogP contribution < -0.4 is 20.3 Å². The van der Waals surface area contributed by atoms with E-state index < -0.39 is 6.03 Å². The summed E-state index contributed by atoms with van der Waals surface area (Å²) in [6.07, 6.45) is 2.26. The summed E-state index contributed by atoms with van der Waals surface area (Å²) in [5.74, 6) is 0.336. The van der Waals surface area contributed by atoms with Gasteiger partial charge in [-0.15, -0.1) is 0 Å². The summed E-state index contributed by atoms with van der Waals surface area (Å²) in [7, 11) is 5.22. The molecule has 1 aromatic rings. The van der Waals surface area contributed by atoms with Gasteiger partial charge in [0.2, 0.25) is 5.88 Å². The van der Waals surface area contributed by atoms with Crippen LogP contribution in [0, 0.1) is 0 Å². The lowest BCUT2D eigenvalue weighted by Crippen LogP contribution is -2.40. The van der Waals surface area contributed by atoms with Crippen molar-refractivity contribution in [1.82, 2.24) is 10.3 Å². The van der Waals surface area contributed by atoms with Crippen molar-refractivity contribution in [2.75, 3.05) is 38.0 Å². The number of hydrogen-bond donors (Lipinski definition) is 3. The molecular formula is C13H22N4O3. The van der Waals surface area contributed by atoms with Crippen LogP contribution in [0.4, 0.5) is 16.2 Å². The van der Waals surface area contributed by atoms with Gasteiger partial charge in [-0.1, -0.05) is 6.92 Å². The number of nitrogens with zero attached hydrogens (tertiary/aromatic N) is 2. The van der Waals surface area contributed by atoms with Gasteiger partial charge < -0.3 is 25.4 Å². The molecule has 0 unspecified atom stereocenters. The smallest absolute Gasteiger partial charge is 0.319 e. The maximum atomic E-state index is 11.9. The molecule has 20 heavy (non-hydrogen) atoms. The van der Waals surface area contributed by atoms with E-state index in [-0.39, 0.29) is 12.6 Å². The molecule has 2 amide bonds. The first kappa shape index (κ1) is 16.0. The van der Waals surface area contributed by atoms with Crippen LogP contribution in [-0.2, 0) is 0 Å². The molecule has 3 N–H and O–H groups in total. The summed E-state index contributed by atoms with van der Waals surface area (Å²) in [6.45, 7) is 1.78. The molecule has 0 fully saturated rings. The lowest BCUT2D eigenvalue weighted by atomic mass is 10.2. The number of aromatic nitrogens is 1. The van der Waals surface area contributed by atoms with Crippen molar-refractivity contribution in [3.8, 4) is 5.88 Å². The normalized spacial score (nSPS) is 11.7. The molecule has 0 saturated heterocycles. The van der Waals surface area contributed by atoms with Gasteiger partial charge in [-0.25, -0.2) is 9.78 Å². The Morgan fingerprint density at radius 1 is 1.55 bits per heavy atom. The average Bonchev–Trinajstić information content (AvgIpc) is 2.44. The van der Waals surface area contributed by atoms with E-state index in [4.69, 9.17) is 9.84 Å². The molecule has 0 aliphatic rings. The summed E-state index contributed by atoms with van der Waals surface area (Å²) in [6, 6.07) is 1.10. The van der Waals surface area contributed by atoms with Gasteiger partial charge in [0, 0.05) is 20.3 Å². The van der Waals surface area contributed by atoms with Crippen LogP contribution >= 0.6 is 0 Å². The molecular weight excluding hydrogens is 260 g/mol. The van der Waals surface area contributed by atoms with Crippen LogP contribution in [0.15, 0.2) is 12.3 Å². The van der Waals surface area contributed by atoms with Gasteiger partial charge >= 0.3 is 6.03 Å². The van der Waals surface area contributed by atoms with Gasteiger partial charge in [-0.2, -0.15) is 0 Å². The Kier molecular flexibility index (Phi) is 6.05. The number of amides is 2.